The van der Waals surface area contributed by atoms with Gasteiger partial charge in [0.1, 0.15) is 0 Å². The standard InChI is InChI=1S/C33H47NO3S2/c1-6-8-10-12-24-34(25-13-11-9-7-2)29-18-14-27(15-19-29)31-22-23-32(38-31)28-16-20-30(21-17-28)39(35,36)37-26-33(3,4)5/h14-23H,6-13,24-26H2,1-5H3. The molecular weight excluding hydrogens is 523 g/mol. The van der Waals surface area contributed by atoms with Crippen LogP contribution in [0.4, 0.5) is 5.69 Å². The van der Waals surface area contributed by atoms with Crippen LogP contribution in [-0.2, 0) is 14.3 Å². The van der Waals surface area contributed by atoms with Gasteiger partial charge in [-0.05, 0) is 65.8 Å². The van der Waals surface area contributed by atoms with E-state index in [1.54, 1.807) is 23.5 Å². The molecule has 0 unspecified atom stereocenters. The van der Waals surface area contributed by atoms with Crippen LogP contribution in [-0.4, -0.2) is 28.1 Å². The van der Waals surface area contributed by atoms with Gasteiger partial charge in [0.2, 0.25) is 0 Å². The fourth-order valence-electron chi connectivity index (χ4n) is 4.42. The van der Waals surface area contributed by atoms with Crippen LogP contribution in [0.1, 0.15) is 86.0 Å². The quantitative estimate of drug-likeness (QED) is 0.127. The molecule has 6 heteroatoms. The minimum Gasteiger partial charge on any atom is -0.372 e. The highest BCUT2D eigenvalue weighted by Gasteiger charge is 2.20. The predicted octanol–water partition coefficient (Wildman–Crippen LogP) is 9.80. The van der Waals surface area contributed by atoms with Crippen LogP contribution in [0.5, 0.6) is 0 Å². The Morgan fingerprint density at radius 2 is 1.18 bits per heavy atom. The van der Waals surface area contributed by atoms with Gasteiger partial charge < -0.3 is 4.90 Å². The Bertz CT molecular complexity index is 1210. The molecule has 0 fully saturated rings. The van der Waals surface area contributed by atoms with Crippen molar-refractivity contribution < 1.29 is 12.6 Å². The van der Waals surface area contributed by atoms with Gasteiger partial charge in [0, 0.05) is 28.5 Å². The van der Waals surface area contributed by atoms with Crippen molar-refractivity contribution in [1.82, 2.24) is 0 Å². The van der Waals surface area contributed by atoms with Crippen molar-refractivity contribution in [3.63, 3.8) is 0 Å². The van der Waals surface area contributed by atoms with Crippen LogP contribution in [0, 0.1) is 5.41 Å². The molecule has 0 bridgehead atoms. The third kappa shape index (κ3) is 10.1. The predicted molar refractivity (Wildman–Crippen MR) is 168 cm³/mol. The number of unbranched alkanes of at least 4 members (excludes halogenated alkanes) is 6. The van der Waals surface area contributed by atoms with Crippen molar-refractivity contribution in [2.75, 3.05) is 24.6 Å². The van der Waals surface area contributed by atoms with Gasteiger partial charge in [0.05, 0.1) is 11.5 Å². The largest absolute Gasteiger partial charge is 0.372 e. The molecule has 0 amide bonds. The Kier molecular flexibility index (Phi) is 12.1. The average molecular weight is 570 g/mol. The molecular formula is C33H47NO3S2. The Hall–Kier alpha value is -2.15. The zero-order valence-corrected chi connectivity index (χ0v) is 26.2. The number of nitrogens with zero attached hydrogens (tertiary/aromatic N) is 1. The maximum atomic E-state index is 12.5. The van der Waals surface area contributed by atoms with Crippen molar-refractivity contribution >= 4 is 27.1 Å². The first-order valence-corrected chi connectivity index (χ1v) is 16.8. The van der Waals surface area contributed by atoms with E-state index in [0.29, 0.717) is 0 Å². The Morgan fingerprint density at radius 1 is 0.692 bits per heavy atom. The van der Waals surface area contributed by atoms with Crippen molar-refractivity contribution in [3.05, 3.63) is 60.7 Å². The van der Waals surface area contributed by atoms with Gasteiger partial charge >= 0.3 is 0 Å². The summed E-state index contributed by atoms with van der Waals surface area (Å²) in [6.45, 7) is 12.8. The third-order valence-corrected chi connectivity index (χ3v) is 9.22. The minimum atomic E-state index is -3.76. The van der Waals surface area contributed by atoms with Crippen LogP contribution < -0.4 is 4.90 Å². The SMILES string of the molecule is CCCCCCN(CCCCCC)c1ccc(-c2ccc(-c3ccc(S(=O)(=O)OCC(C)(C)C)cc3)s2)cc1. The summed E-state index contributed by atoms with van der Waals surface area (Å²) in [5.74, 6) is 0. The maximum absolute atomic E-state index is 12.5. The minimum absolute atomic E-state index is 0.152. The highest BCUT2D eigenvalue weighted by Crippen LogP contribution is 2.36. The topological polar surface area (TPSA) is 46.6 Å². The third-order valence-electron chi connectivity index (χ3n) is 6.76. The van der Waals surface area contributed by atoms with Crippen LogP contribution in [0.25, 0.3) is 20.9 Å². The van der Waals surface area contributed by atoms with E-state index in [1.165, 1.54) is 67.5 Å². The smallest absolute Gasteiger partial charge is 0.296 e. The number of thiophene rings is 1. The Balaban J connectivity index is 1.68. The van der Waals surface area contributed by atoms with Gasteiger partial charge in [-0.25, -0.2) is 0 Å². The van der Waals surface area contributed by atoms with Gasteiger partial charge in [0.15, 0.2) is 0 Å². The van der Waals surface area contributed by atoms with Crippen LogP contribution in [0.3, 0.4) is 0 Å². The second kappa shape index (κ2) is 15.0. The lowest BCUT2D eigenvalue weighted by molar-refractivity contribution is 0.203. The summed E-state index contributed by atoms with van der Waals surface area (Å²) in [5, 5.41) is 0. The van der Waals surface area contributed by atoms with Gasteiger partial charge in [-0.3, -0.25) is 4.18 Å². The van der Waals surface area contributed by atoms with Crippen molar-refractivity contribution in [2.45, 2.75) is 90.9 Å². The molecule has 0 radical (unpaired) electrons. The number of benzene rings is 2. The van der Waals surface area contributed by atoms with Gasteiger partial charge in [-0.1, -0.05) is 97.4 Å². The monoisotopic (exact) mass is 569 g/mol. The highest BCUT2D eigenvalue weighted by atomic mass is 32.2. The molecule has 0 aliphatic heterocycles. The van der Waals surface area contributed by atoms with Crippen molar-refractivity contribution in [2.24, 2.45) is 5.41 Å². The van der Waals surface area contributed by atoms with Crippen molar-refractivity contribution in [3.8, 4) is 20.9 Å². The molecule has 3 rings (SSSR count). The molecule has 3 aromatic rings. The van der Waals surface area contributed by atoms with E-state index in [-0.39, 0.29) is 16.9 Å². The summed E-state index contributed by atoms with van der Waals surface area (Å²) >= 11 is 1.72. The number of anilines is 1. The van der Waals surface area contributed by atoms with E-state index in [2.05, 4.69) is 55.1 Å². The summed E-state index contributed by atoms with van der Waals surface area (Å²) in [4.78, 5) is 5.08. The summed E-state index contributed by atoms with van der Waals surface area (Å²) in [7, 11) is -3.76. The molecule has 0 atom stereocenters. The molecule has 0 aliphatic carbocycles. The molecule has 1 aromatic heterocycles. The van der Waals surface area contributed by atoms with E-state index in [4.69, 9.17) is 4.18 Å². The van der Waals surface area contributed by atoms with E-state index in [9.17, 15) is 8.42 Å². The van der Waals surface area contributed by atoms with Crippen LogP contribution >= 0.6 is 11.3 Å². The molecule has 0 saturated heterocycles. The molecule has 39 heavy (non-hydrogen) atoms. The fraction of sp³-hybridized carbons (Fsp3) is 0.515. The van der Waals surface area contributed by atoms with Crippen LogP contribution in [0.15, 0.2) is 65.6 Å². The Labute approximate surface area is 241 Å². The second-order valence-electron chi connectivity index (χ2n) is 11.6. The maximum Gasteiger partial charge on any atom is 0.296 e. The molecule has 0 N–H and O–H groups in total. The lowest BCUT2D eigenvalue weighted by Crippen LogP contribution is -2.25. The first-order valence-electron chi connectivity index (χ1n) is 14.6. The van der Waals surface area contributed by atoms with Crippen molar-refractivity contribution in [1.29, 1.82) is 0 Å². The number of rotatable bonds is 16. The van der Waals surface area contributed by atoms with E-state index < -0.39 is 10.1 Å². The zero-order valence-electron chi connectivity index (χ0n) is 24.5. The molecule has 4 nitrogen and oxygen atoms in total. The van der Waals surface area contributed by atoms with Gasteiger partial charge in [-0.2, -0.15) is 8.42 Å². The first-order chi connectivity index (χ1) is 18.6. The van der Waals surface area contributed by atoms with Crippen LogP contribution in [0.2, 0.25) is 0 Å². The first kappa shape index (κ1) is 31.4. The normalized spacial score (nSPS) is 12.1. The highest BCUT2D eigenvalue weighted by molar-refractivity contribution is 7.86. The molecule has 0 saturated carbocycles. The zero-order chi connectivity index (χ0) is 28.3. The van der Waals surface area contributed by atoms with Gasteiger partial charge in [-0.15, -0.1) is 11.3 Å². The molecule has 0 spiro atoms. The summed E-state index contributed by atoms with van der Waals surface area (Å²) in [6, 6.07) is 20.3. The number of hydrogen-bond acceptors (Lipinski definition) is 5. The van der Waals surface area contributed by atoms with E-state index in [0.717, 1.165) is 23.5 Å². The van der Waals surface area contributed by atoms with Gasteiger partial charge in [0.25, 0.3) is 10.1 Å². The summed E-state index contributed by atoms with van der Waals surface area (Å²) in [5.41, 5.74) is 3.30. The fourth-order valence-corrected chi connectivity index (χ4v) is 6.55. The lowest BCUT2D eigenvalue weighted by atomic mass is 9.99. The molecule has 0 aliphatic rings. The number of hydrogen-bond donors (Lipinski definition) is 0. The van der Waals surface area contributed by atoms with E-state index >= 15 is 0 Å². The van der Waals surface area contributed by atoms with E-state index in [1.807, 2.05) is 32.9 Å². The molecule has 1 heterocycles. The Morgan fingerprint density at radius 3 is 1.64 bits per heavy atom. The lowest BCUT2D eigenvalue weighted by Gasteiger charge is -2.25. The summed E-state index contributed by atoms with van der Waals surface area (Å²) in [6.07, 6.45) is 10.3. The average Bonchev–Trinajstić information content (AvgIpc) is 3.41. The molecule has 214 valence electrons. The second-order valence-corrected chi connectivity index (χ2v) is 14.3. The molecule has 2 aromatic carbocycles. The summed E-state index contributed by atoms with van der Waals surface area (Å²) < 4.78 is 30.3.